The summed E-state index contributed by atoms with van der Waals surface area (Å²) in [5, 5.41) is 5.57. The minimum Gasteiger partial charge on any atom is -0.382 e. The summed E-state index contributed by atoms with van der Waals surface area (Å²) >= 11 is 0. The van der Waals surface area contributed by atoms with E-state index in [1.54, 1.807) is 24.3 Å². The van der Waals surface area contributed by atoms with Gasteiger partial charge < -0.3 is 19.7 Å². The molecule has 0 aliphatic carbocycles. The largest absolute Gasteiger partial charge is 0.382 e. The van der Waals surface area contributed by atoms with Crippen LogP contribution in [0.5, 0.6) is 0 Å². The zero-order valence-electron chi connectivity index (χ0n) is 21.1. The van der Waals surface area contributed by atoms with Gasteiger partial charge in [-0.15, -0.1) is 0 Å². The van der Waals surface area contributed by atoms with Gasteiger partial charge in [0, 0.05) is 36.3 Å². The van der Waals surface area contributed by atoms with Crippen LogP contribution in [0, 0.1) is 6.92 Å². The molecule has 204 valence electrons. The quantitative estimate of drug-likeness (QED) is 0.218. The molecule has 2 aliphatic rings. The van der Waals surface area contributed by atoms with Gasteiger partial charge in [0.15, 0.2) is 0 Å². The highest BCUT2D eigenvalue weighted by Gasteiger charge is 2.39. The number of amides is 3. The Bertz CT molecular complexity index is 1280. The highest BCUT2D eigenvalue weighted by atomic mass is 32.2. The third-order valence-corrected chi connectivity index (χ3v) is 7.62. The topological polar surface area (TPSA) is 140 Å². The van der Waals surface area contributed by atoms with Gasteiger partial charge in [0.2, 0.25) is 11.8 Å². The number of aryl methyl sites for hydroxylation is 1. The molecule has 1 atom stereocenters. The van der Waals surface area contributed by atoms with Crippen LogP contribution in [0.2, 0.25) is 0 Å². The maximum absolute atomic E-state index is 12.9. The van der Waals surface area contributed by atoms with E-state index in [0.717, 1.165) is 16.8 Å². The molecule has 0 radical (unpaired) electrons. The monoisotopic (exact) mass is 545 g/mol. The summed E-state index contributed by atoms with van der Waals surface area (Å²) in [5.74, 6) is -0.975. The summed E-state index contributed by atoms with van der Waals surface area (Å²) in [4.78, 5) is 38.2. The van der Waals surface area contributed by atoms with E-state index < -0.39 is 22.1 Å². The molecule has 1 unspecified atom stereocenters. The van der Waals surface area contributed by atoms with E-state index in [9.17, 15) is 22.8 Å². The van der Waals surface area contributed by atoms with Crippen molar-refractivity contribution in [2.45, 2.75) is 37.2 Å². The molecule has 2 aromatic rings. The fourth-order valence-corrected chi connectivity index (χ4v) is 5.20. The van der Waals surface area contributed by atoms with Crippen LogP contribution in [0.4, 0.5) is 5.69 Å². The van der Waals surface area contributed by atoms with Gasteiger partial charge in [-0.25, -0.2) is 0 Å². The van der Waals surface area contributed by atoms with Crippen LogP contribution in [0.15, 0.2) is 47.4 Å². The Hall–Kier alpha value is -3.32. The molecule has 2 heterocycles. The number of benzene rings is 2. The predicted octanol–water partition coefficient (Wildman–Crippen LogP) is 1.61. The molecule has 2 aliphatic heterocycles. The standard InChI is InChI=1S/C26H31N3O8S/c1-18-5-7-19(8-6-18)38(33,34)37-16-15-36-14-13-35-12-11-27-22-4-2-3-20-21(22)17-29(26(20)32)23-9-10-24(30)28-25(23)31/h2-8,23,27H,9-17H2,1H3,(H,28,30,31). The number of hydrogen-bond acceptors (Lipinski definition) is 9. The van der Waals surface area contributed by atoms with E-state index in [1.807, 2.05) is 13.0 Å². The van der Waals surface area contributed by atoms with E-state index in [2.05, 4.69) is 10.6 Å². The number of imide groups is 1. The van der Waals surface area contributed by atoms with Crippen molar-refractivity contribution in [3.63, 3.8) is 0 Å². The van der Waals surface area contributed by atoms with Crippen LogP contribution in [0.1, 0.15) is 34.3 Å². The first-order valence-corrected chi connectivity index (χ1v) is 13.8. The zero-order valence-corrected chi connectivity index (χ0v) is 21.9. The lowest BCUT2D eigenvalue weighted by Crippen LogP contribution is -2.52. The molecule has 0 saturated carbocycles. The molecule has 4 rings (SSSR count). The number of ether oxygens (including phenoxy) is 2. The number of fused-ring (bicyclic) bond motifs is 1. The number of nitrogens with zero attached hydrogens (tertiary/aromatic N) is 1. The molecule has 2 N–H and O–H groups in total. The minimum atomic E-state index is -3.81. The molecular weight excluding hydrogens is 514 g/mol. The highest BCUT2D eigenvalue weighted by molar-refractivity contribution is 7.86. The molecule has 1 saturated heterocycles. The van der Waals surface area contributed by atoms with Gasteiger partial charge in [0.1, 0.15) is 6.04 Å². The first-order valence-electron chi connectivity index (χ1n) is 12.4. The SMILES string of the molecule is Cc1ccc(S(=O)(=O)OCCOCCOCCNc2cccc3c2CN(C2CCC(=O)NC2=O)C3=O)cc1. The van der Waals surface area contributed by atoms with Crippen LogP contribution in [0.3, 0.4) is 0 Å². The van der Waals surface area contributed by atoms with Gasteiger partial charge in [-0.3, -0.25) is 23.9 Å². The fraction of sp³-hybridized carbons (Fsp3) is 0.423. The van der Waals surface area contributed by atoms with E-state index in [1.165, 1.54) is 17.0 Å². The van der Waals surface area contributed by atoms with Crippen molar-refractivity contribution >= 4 is 33.5 Å². The summed E-state index contributed by atoms with van der Waals surface area (Å²) in [6.45, 7) is 3.66. The van der Waals surface area contributed by atoms with E-state index in [-0.39, 0.29) is 43.0 Å². The maximum atomic E-state index is 12.9. The molecule has 38 heavy (non-hydrogen) atoms. The Kier molecular flexibility index (Phi) is 9.10. The lowest BCUT2D eigenvalue weighted by atomic mass is 10.0. The Morgan fingerprint density at radius 1 is 0.974 bits per heavy atom. The van der Waals surface area contributed by atoms with Crippen LogP contribution in [0.25, 0.3) is 0 Å². The van der Waals surface area contributed by atoms with Crippen molar-refractivity contribution in [3.8, 4) is 0 Å². The summed E-state index contributed by atoms with van der Waals surface area (Å²) in [6, 6.07) is 11.2. The Labute approximate surface area is 221 Å². The second-order valence-corrected chi connectivity index (χ2v) is 10.6. The molecule has 12 heteroatoms. The fourth-order valence-electron chi connectivity index (χ4n) is 4.31. The summed E-state index contributed by atoms with van der Waals surface area (Å²) in [6.07, 6.45) is 0.528. The number of nitrogens with one attached hydrogen (secondary N) is 2. The van der Waals surface area contributed by atoms with Crippen molar-refractivity contribution in [1.29, 1.82) is 0 Å². The van der Waals surface area contributed by atoms with Crippen molar-refractivity contribution in [2.24, 2.45) is 0 Å². The summed E-state index contributed by atoms with van der Waals surface area (Å²) in [7, 11) is -3.81. The molecule has 0 spiro atoms. The van der Waals surface area contributed by atoms with Crippen molar-refractivity contribution in [1.82, 2.24) is 10.2 Å². The second-order valence-electron chi connectivity index (χ2n) is 8.97. The van der Waals surface area contributed by atoms with Gasteiger partial charge >= 0.3 is 0 Å². The number of piperidine rings is 1. The van der Waals surface area contributed by atoms with Crippen LogP contribution < -0.4 is 10.6 Å². The molecule has 1 fully saturated rings. The molecule has 0 aromatic heterocycles. The molecule has 3 amide bonds. The average molecular weight is 546 g/mol. The number of rotatable bonds is 13. The van der Waals surface area contributed by atoms with Gasteiger partial charge in [0.05, 0.1) is 37.9 Å². The van der Waals surface area contributed by atoms with Crippen LogP contribution in [-0.4, -0.2) is 76.7 Å². The van der Waals surface area contributed by atoms with Crippen molar-refractivity contribution < 1.29 is 36.5 Å². The van der Waals surface area contributed by atoms with Crippen molar-refractivity contribution in [3.05, 3.63) is 59.2 Å². The lowest BCUT2D eigenvalue weighted by Gasteiger charge is -2.29. The first-order chi connectivity index (χ1) is 18.3. The maximum Gasteiger partial charge on any atom is 0.297 e. The number of hydrogen-bond donors (Lipinski definition) is 2. The van der Waals surface area contributed by atoms with E-state index in [4.69, 9.17) is 13.7 Å². The zero-order chi connectivity index (χ0) is 27.1. The molecule has 2 aromatic carbocycles. The number of carbonyl (C=O) groups is 3. The minimum absolute atomic E-state index is 0.0918. The normalized spacial score (nSPS) is 17.4. The Morgan fingerprint density at radius 3 is 2.42 bits per heavy atom. The average Bonchev–Trinajstić information content (AvgIpc) is 3.22. The van der Waals surface area contributed by atoms with Gasteiger partial charge in [-0.1, -0.05) is 23.8 Å². The third-order valence-electron chi connectivity index (χ3n) is 6.29. The van der Waals surface area contributed by atoms with Gasteiger partial charge in [0.25, 0.3) is 16.0 Å². The van der Waals surface area contributed by atoms with Crippen LogP contribution >= 0.6 is 0 Å². The Morgan fingerprint density at radius 2 is 1.68 bits per heavy atom. The second kappa shape index (κ2) is 12.5. The van der Waals surface area contributed by atoms with Gasteiger partial charge in [-0.2, -0.15) is 8.42 Å². The smallest absolute Gasteiger partial charge is 0.297 e. The molecule has 0 bridgehead atoms. The lowest BCUT2D eigenvalue weighted by molar-refractivity contribution is -0.136. The van der Waals surface area contributed by atoms with E-state index in [0.29, 0.717) is 38.3 Å². The first kappa shape index (κ1) is 27.7. The number of carbonyl (C=O) groups excluding carboxylic acids is 3. The van der Waals surface area contributed by atoms with Crippen LogP contribution in [-0.2, 0) is 39.9 Å². The summed E-state index contributed by atoms with van der Waals surface area (Å²) < 4.78 is 40.2. The van der Waals surface area contributed by atoms with E-state index >= 15 is 0 Å². The van der Waals surface area contributed by atoms with Crippen molar-refractivity contribution in [2.75, 3.05) is 44.9 Å². The molecule has 11 nitrogen and oxygen atoms in total. The number of anilines is 1. The Balaban J connectivity index is 1.12. The highest BCUT2D eigenvalue weighted by Crippen LogP contribution is 2.32. The molecular formula is C26H31N3O8S. The van der Waals surface area contributed by atoms with Gasteiger partial charge in [-0.05, 0) is 37.6 Å². The predicted molar refractivity (Wildman–Crippen MR) is 137 cm³/mol. The third kappa shape index (κ3) is 6.76. The summed E-state index contributed by atoms with van der Waals surface area (Å²) in [5.41, 5.74) is 3.10.